The Labute approximate surface area is 494 Å². The van der Waals surface area contributed by atoms with E-state index in [0.717, 1.165) is 0 Å². The van der Waals surface area contributed by atoms with Crippen LogP contribution in [-0.2, 0) is 66.5 Å². The molecule has 7 heterocycles. The highest BCUT2D eigenvalue weighted by atomic mass is 16.7. The van der Waals surface area contributed by atoms with Crippen LogP contribution >= 0.6 is 0 Å². The van der Waals surface area contributed by atoms with E-state index in [0.29, 0.717) is 43.3 Å². The second kappa shape index (κ2) is 28.6. The third-order valence-corrected chi connectivity index (χ3v) is 18.3. The quantitative estimate of drug-likeness (QED) is 0.0663. The standard InChI is InChI=1S/C63H96O21/c1-12-13-17-42(66)20-34(2)21-53-55(71)57-39(7)58(78-53)59(72)63(74)32-51(69)37(5)52(84-63)19-16-14-15-18-44-23-43(67)28-61(80-44)30-47(75-11)24-45(81-61)26-50(68)38(6)56(77-41(9)65)36(4)35(3)22-49-29-60(10,73)33-62(83-49)31-48(76-40(8)64)25-46(82-62)27-54(70)79-57/h12-13,15,17-18,36-39,42-49,51-53,55-59,66-67,69,71-74H,1-3,14,16,19-33H2,4-11H3/b17-13+,18-15-/t36-,37+,38-,39+,42+,43-,44-,45+,46+,47+,48-,49+,51-,52-,53-,55-,56-,57-,58+,59+,60-,61-,62+,63-/m1/s1. The van der Waals surface area contributed by atoms with Gasteiger partial charge in [-0.15, -0.1) is 0 Å². The molecule has 0 amide bonds. The summed E-state index contributed by atoms with van der Waals surface area (Å²) >= 11 is 0. The highest BCUT2D eigenvalue weighted by Gasteiger charge is 2.58. The Hall–Kier alpha value is -3.78. The van der Waals surface area contributed by atoms with Crippen LogP contribution in [-0.4, -0.2) is 187 Å². The number of hydrogen-bond acceptors (Lipinski definition) is 21. The highest BCUT2D eigenvalue weighted by molar-refractivity contribution is 5.82. The molecular weight excluding hydrogens is 1090 g/mol. The lowest BCUT2D eigenvalue weighted by atomic mass is 9.78. The molecule has 21 heteroatoms. The number of aliphatic hydroxyl groups is 7. The van der Waals surface area contributed by atoms with Crippen LogP contribution in [0, 0.1) is 23.7 Å². The average Bonchev–Trinajstić information content (AvgIpc) is 1.09. The largest absolute Gasteiger partial charge is 0.462 e. The fraction of sp³-hybridized carbons (Fsp3) is 0.778. The highest BCUT2D eigenvalue weighted by Crippen LogP contribution is 2.48. The molecule has 0 aromatic rings. The Morgan fingerprint density at radius 3 is 2.17 bits per heavy atom. The normalized spacial score (nSPS) is 44.9. The van der Waals surface area contributed by atoms with E-state index >= 15 is 0 Å². The van der Waals surface area contributed by atoms with Crippen molar-refractivity contribution >= 4 is 23.7 Å². The van der Waals surface area contributed by atoms with E-state index in [4.69, 9.17) is 47.4 Å². The van der Waals surface area contributed by atoms with Gasteiger partial charge in [0.2, 0.25) is 0 Å². The summed E-state index contributed by atoms with van der Waals surface area (Å²) in [7, 11) is 1.57. The fourth-order valence-corrected chi connectivity index (χ4v) is 14.1. The summed E-state index contributed by atoms with van der Waals surface area (Å²) in [5.41, 5.74) is -0.456. The van der Waals surface area contributed by atoms with Crippen molar-refractivity contribution in [3.63, 3.8) is 0 Å². The SMILES string of the molecule is C=C/C=C/[C@H](O)CC(=C)C[C@H]1O[C@H]2[C@@H](C)[C@@H](OC(=O)C[C@@H]3C[C@@H](OC(C)=O)C[C@]4(C[C@](C)(O)C[C@H](CC(=C)[C@@H](C)[C@@H](OC(C)=O)[C@H](C)C(=O)C[C@@H]5C[C@H](OC)C[C@@]6(C[C@H](O)C[C@@H](/C=C\CCC[C@H]7O[C@](O)(C[C@@H](O)[C@@H]7C)[C@H]2O)O6)O5)O4)O3)[C@@H]1O. The average molecular weight is 1190 g/mol. The molecule has 0 unspecified atom stereocenters. The Morgan fingerprint density at radius 1 is 0.810 bits per heavy atom. The maximum absolute atomic E-state index is 14.4. The van der Waals surface area contributed by atoms with Crippen LogP contribution < -0.4 is 0 Å². The maximum atomic E-state index is 14.4. The van der Waals surface area contributed by atoms with Crippen LogP contribution in [0.4, 0.5) is 0 Å². The topological polar surface area (TPSA) is 302 Å². The molecule has 0 saturated carbocycles. The third-order valence-electron chi connectivity index (χ3n) is 18.3. The summed E-state index contributed by atoms with van der Waals surface area (Å²) < 4.78 is 63.4. The minimum absolute atomic E-state index is 0.0156. The molecule has 24 atom stereocenters. The summed E-state index contributed by atoms with van der Waals surface area (Å²) in [4.78, 5) is 54.3. The molecule has 0 aromatic carbocycles. The van der Waals surface area contributed by atoms with Gasteiger partial charge in [-0.3, -0.25) is 19.2 Å². The first-order valence-electron chi connectivity index (χ1n) is 30.2. The molecule has 0 aromatic heterocycles. The number of hydrogen-bond donors (Lipinski definition) is 7. The summed E-state index contributed by atoms with van der Waals surface area (Å²) in [6.45, 7) is 23.1. The lowest BCUT2D eigenvalue weighted by molar-refractivity contribution is -0.351. The van der Waals surface area contributed by atoms with Crippen molar-refractivity contribution in [2.45, 2.75) is 278 Å². The number of allylic oxidation sites excluding steroid dienone is 3. The molecule has 6 saturated heterocycles. The molecule has 21 nitrogen and oxygen atoms in total. The predicted octanol–water partition coefficient (Wildman–Crippen LogP) is 5.34. The van der Waals surface area contributed by atoms with Crippen molar-refractivity contribution in [3.8, 4) is 0 Å². The Balaban J connectivity index is 1.22. The predicted molar refractivity (Wildman–Crippen MR) is 303 cm³/mol. The van der Waals surface area contributed by atoms with E-state index in [-0.39, 0.29) is 76.1 Å². The van der Waals surface area contributed by atoms with Crippen molar-refractivity contribution < 1.29 is 102 Å². The minimum Gasteiger partial charge on any atom is -0.462 e. The first-order valence-corrected chi connectivity index (χ1v) is 30.2. The second-order valence-corrected chi connectivity index (χ2v) is 25.8. The molecule has 7 N–H and O–H groups in total. The molecule has 10 bridgehead atoms. The van der Waals surface area contributed by atoms with E-state index in [1.807, 2.05) is 12.2 Å². The number of fused-ring (bicyclic) bond motifs is 8. The molecule has 6 fully saturated rings. The Bertz CT molecular complexity index is 2370. The number of Topliss-reactive ketones (excluding diaryl/α,β-unsaturated/α-hetero) is 1. The Kier molecular flexibility index (Phi) is 23.0. The number of ether oxygens (including phenoxy) is 10. The summed E-state index contributed by atoms with van der Waals surface area (Å²) in [6.07, 6.45) is -6.46. The van der Waals surface area contributed by atoms with Gasteiger partial charge in [-0.05, 0) is 45.4 Å². The number of methoxy groups -OCH3 is 1. The van der Waals surface area contributed by atoms with Crippen molar-refractivity contribution in [2.75, 3.05) is 7.11 Å². The van der Waals surface area contributed by atoms with Crippen molar-refractivity contribution in [1.82, 2.24) is 0 Å². The molecule has 7 aliphatic rings. The van der Waals surface area contributed by atoms with E-state index in [2.05, 4.69) is 19.7 Å². The number of aliphatic hydroxyl groups excluding tert-OH is 5. The van der Waals surface area contributed by atoms with Gasteiger partial charge >= 0.3 is 17.9 Å². The minimum atomic E-state index is -2.39. The third kappa shape index (κ3) is 17.3. The van der Waals surface area contributed by atoms with Gasteiger partial charge in [0.05, 0.1) is 85.1 Å². The second-order valence-electron chi connectivity index (χ2n) is 25.8. The van der Waals surface area contributed by atoms with Crippen LogP contribution in [0.25, 0.3) is 0 Å². The van der Waals surface area contributed by atoms with Crippen molar-refractivity contribution in [1.29, 1.82) is 0 Å². The van der Waals surface area contributed by atoms with Gasteiger partial charge in [0, 0.05) is 103 Å². The van der Waals surface area contributed by atoms with Gasteiger partial charge in [-0.25, -0.2) is 0 Å². The smallest absolute Gasteiger partial charge is 0.308 e. The van der Waals surface area contributed by atoms with Crippen LogP contribution in [0.1, 0.15) is 158 Å². The van der Waals surface area contributed by atoms with Crippen molar-refractivity contribution in [3.05, 3.63) is 61.3 Å². The van der Waals surface area contributed by atoms with E-state index in [9.17, 15) is 54.9 Å². The summed E-state index contributed by atoms with van der Waals surface area (Å²) in [5, 5.41) is 82.3. The van der Waals surface area contributed by atoms with Gasteiger partial charge in [0.15, 0.2) is 17.4 Å². The molecule has 2 spiro atoms. The van der Waals surface area contributed by atoms with Crippen LogP contribution in [0.3, 0.4) is 0 Å². The van der Waals surface area contributed by atoms with Crippen LogP contribution in [0.2, 0.25) is 0 Å². The lowest BCUT2D eigenvalue weighted by Gasteiger charge is -2.52. The molecule has 0 aliphatic carbocycles. The number of carbonyl (C=O) groups excluding carboxylic acids is 4. The van der Waals surface area contributed by atoms with Crippen LogP contribution in [0.5, 0.6) is 0 Å². The van der Waals surface area contributed by atoms with Crippen LogP contribution in [0.15, 0.2) is 61.3 Å². The molecule has 84 heavy (non-hydrogen) atoms. The van der Waals surface area contributed by atoms with Gasteiger partial charge in [0.25, 0.3) is 0 Å². The van der Waals surface area contributed by atoms with E-state index in [1.54, 1.807) is 47.8 Å². The molecule has 474 valence electrons. The monoisotopic (exact) mass is 1190 g/mol. The zero-order chi connectivity index (χ0) is 61.6. The molecule has 7 rings (SSSR count). The zero-order valence-corrected chi connectivity index (χ0v) is 50.4. The maximum Gasteiger partial charge on any atom is 0.308 e. The van der Waals surface area contributed by atoms with E-state index in [1.165, 1.54) is 26.0 Å². The lowest BCUT2D eigenvalue weighted by Crippen LogP contribution is -2.65. The first-order chi connectivity index (χ1) is 39.4. The van der Waals surface area contributed by atoms with Gasteiger partial charge < -0.3 is 83.1 Å². The van der Waals surface area contributed by atoms with E-state index < -0.39 is 169 Å². The molecule has 7 aliphatic heterocycles. The zero-order valence-electron chi connectivity index (χ0n) is 50.4. The summed E-state index contributed by atoms with van der Waals surface area (Å²) in [6, 6.07) is 0. The number of carbonyl (C=O) groups is 4. The van der Waals surface area contributed by atoms with Crippen molar-refractivity contribution in [2.24, 2.45) is 23.7 Å². The molecule has 0 radical (unpaired) electrons. The van der Waals surface area contributed by atoms with Gasteiger partial charge in [-0.2, -0.15) is 0 Å². The number of ketones is 1. The van der Waals surface area contributed by atoms with Gasteiger partial charge in [-0.1, -0.05) is 89.0 Å². The number of rotatable bonds is 9. The summed E-state index contributed by atoms with van der Waals surface area (Å²) in [5.74, 6) is -10.6. The first kappa shape index (κ1) is 67.7. The molecular formula is C63H96O21. The Morgan fingerprint density at radius 2 is 1.48 bits per heavy atom. The van der Waals surface area contributed by atoms with Gasteiger partial charge in [0.1, 0.15) is 36.3 Å². The fourth-order valence-electron chi connectivity index (χ4n) is 14.1. The number of esters is 3.